The largest absolute Gasteiger partial charge is 0.490 e. The molecule has 0 spiro atoms. The van der Waals surface area contributed by atoms with Crippen LogP contribution in [0.4, 0.5) is 0 Å². The summed E-state index contributed by atoms with van der Waals surface area (Å²) in [5.74, 6) is 0.672. The molecule has 1 amide bonds. The Hall–Kier alpha value is -1.22. The predicted molar refractivity (Wildman–Crippen MR) is 64.8 cm³/mol. The summed E-state index contributed by atoms with van der Waals surface area (Å²) in [6, 6.07) is 7.26. The van der Waals surface area contributed by atoms with E-state index in [4.69, 9.17) is 16.3 Å². The van der Waals surface area contributed by atoms with E-state index in [1.807, 2.05) is 26.0 Å². The van der Waals surface area contributed by atoms with Crippen LogP contribution in [0.2, 0.25) is 5.02 Å². The second-order valence-electron chi connectivity index (χ2n) is 3.72. The first-order valence-electron chi connectivity index (χ1n) is 5.26. The minimum absolute atomic E-state index is 0.000290. The number of hydrogen-bond acceptors (Lipinski definition) is 2. The maximum absolute atomic E-state index is 11.2. The Morgan fingerprint density at radius 3 is 2.75 bits per heavy atom. The monoisotopic (exact) mass is 241 g/mol. The summed E-state index contributed by atoms with van der Waals surface area (Å²) in [5, 5.41) is 3.35. The van der Waals surface area contributed by atoms with Gasteiger partial charge >= 0.3 is 0 Å². The quantitative estimate of drug-likeness (QED) is 0.805. The van der Waals surface area contributed by atoms with E-state index in [1.54, 1.807) is 12.1 Å². The molecular weight excluding hydrogens is 226 g/mol. The molecule has 1 rings (SSSR count). The Kier molecular flexibility index (Phi) is 5.12. The molecule has 88 valence electrons. The molecular formula is C12H16ClNO2. The third kappa shape index (κ3) is 4.11. The second-order valence-corrected chi connectivity index (χ2v) is 4.13. The highest BCUT2D eigenvalue weighted by molar-refractivity contribution is 6.32. The van der Waals surface area contributed by atoms with E-state index in [0.29, 0.717) is 23.9 Å². The molecule has 4 heteroatoms. The number of carbonyl (C=O) groups excluding carboxylic acids is 1. The van der Waals surface area contributed by atoms with Crippen molar-refractivity contribution in [1.29, 1.82) is 0 Å². The van der Waals surface area contributed by atoms with Gasteiger partial charge < -0.3 is 10.1 Å². The Morgan fingerprint density at radius 1 is 1.44 bits per heavy atom. The standard InChI is InChI=1S/C12H16ClNO2/c1-9(2)12(15)14-7-8-16-11-6-4-3-5-10(11)13/h3-6,9H,7-8H2,1-2H3,(H,14,15). The summed E-state index contributed by atoms with van der Waals surface area (Å²) in [6.07, 6.45) is 0. The molecule has 0 aliphatic carbocycles. The molecule has 0 saturated carbocycles. The highest BCUT2D eigenvalue weighted by atomic mass is 35.5. The summed E-state index contributed by atoms with van der Waals surface area (Å²) in [5.41, 5.74) is 0. The van der Waals surface area contributed by atoms with Crippen LogP contribution in [-0.2, 0) is 4.79 Å². The van der Waals surface area contributed by atoms with Crippen LogP contribution in [-0.4, -0.2) is 19.1 Å². The van der Waals surface area contributed by atoms with Gasteiger partial charge in [-0.2, -0.15) is 0 Å². The molecule has 16 heavy (non-hydrogen) atoms. The molecule has 0 unspecified atom stereocenters. The van der Waals surface area contributed by atoms with E-state index in [9.17, 15) is 4.79 Å². The van der Waals surface area contributed by atoms with Gasteiger partial charge in [0.2, 0.25) is 5.91 Å². The van der Waals surface area contributed by atoms with Gasteiger partial charge in [-0.3, -0.25) is 4.79 Å². The van der Waals surface area contributed by atoms with Crippen molar-refractivity contribution in [1.82, 2.24) is 5.32 Å². The lowest BCUT2D eigenvalue weighted by atomic mass is 10.2. The number of halogens is 1. The highest BCUT2D eigenvalue weighted by Gasteiger charge is 2.05. The summed E-state index contributed by atoms with van der Waals surface area (Å²) >= 11 is 5.90. The van der Waals surface area contributed by atoms with Crippen molar-refractivity contribution in [3.63, 3.8) is 0 Å². The SMILES string of the molecule is CC(C)C(=O)NCCOc1ccccc1Cl. The zero-order valence-corrected chi connectivity index (χ0v) is 10.3. The summed E-state index contributed by atoms with van der Waals surface area (Å²) in [4.78, 5) is 11.2. The first-order chi connectivity index (χ1) is 7.61. The molecule has 0 aliphatic rings. The average molecular weight is 242 g/mol. The molecule has 0 aromatic heterocycles. The third-order valence-electron chi connectivity index (χ3n) is 2.02. The minimum Gasteiger partial charge on any atom is -0.490 e. The average Bonchev–Trinajstić information content (AvgIpc) is 2.26. The minimum atomic E-state index is 0.000290. The Bertz CT molecular complexity index is 353. The Morgan fingerprint density at radius 2 is 2.12 bits per heavy atom. The van der Waals surface area contributed by atoms with Crippen molar-refractivity contribution >= 4 is 17.5 Å². The fraction of sp³-hybridized carbons (Fsp3) is 0.417. The van der Waals surface area contributed by atoms with E-state index in [-0.39, 0.29) is 11.8 Å². The van der Waals surface area contributed by atoms with E-state index in [2.05, 4.69) is 5.32 Å². The molecule has 0 heterocycles. The van der Waals surface area contributed by atoms with Crippen LogP contribution >= 0.6 is 11.6 Å². The van der Waals surface area contributed by atoms with E-state index >= 15 is 0 Å². The number of carbonyl (C=O) groups is 1. The number of ether oxygens (including phenoxy) is 1. The number of rotatable bonds is 5. The number of benzene rings is 1. The van der Waals surface area contributed by atoms with Gasteiger partial charge in [0.05, 0.1) is 11.6 Å². The van der Waals surface area contributed by atoms with Crippen LogP contribution in [0.15, 0.2) is 24.3 Å². The van der Waals surface area contributed by atoms with Gasteiger partial charge in [-0.1, -0.05) is 37.6 Å². The Balaban J connectivity index is 2.26. The Labute approximate surface area is 101 Å². The molecule has 0 aliphatic heterocycles. The lowest BCUT2D eigenvalue weighted by Gasteiger charge is -2.09. The van der Waals surface area contributed by atoms with Crippen molar-refractivity contribution < 1.29 is 9.53 Å². The third-order valence-corrected chi connectivity index (χ3v) is 2.33. The molecule has 0 saturated heterocycles. The van der Waals surface area contributed by atoms with Gasteiger partial charge in [0.25, 0.3) is 0 Å². The van der Waals surface area contributed by atoms with E-state index in [0.717, 1.165) is 0 Å². The molecule has 0 bridgehead atoms. The van der Waals surface area contributed by atoms with Crippen LogP contribution in [0.5, 0.6) is 5.75 Å². The predicted octanol–water partition coefficient (Wildman–Crippen LogP) is 2.49. The summed E-state index contributed by atoms with van der Waals surface area (Å²) in [6.45, 7) is 4.61. The van der Waals surface area contributed by atoms with Crippen LogP contribution in [0.3, 0.4) is 0 Å². The van der Waals surface area contributed by atoms with Crippen molar-refractivity contribution in [2.75, 3.05) is 13.2 Å². The molecule has 1 aromatic carbocycles. The summed E-state index contributed by atoms with van der Waals surface area (Å²) in [7, 11) is 0. The molecule has 0 fully saturated rings. The van der Waals surface area contributed by atoms with E-state index in [1.165, 1.54) is 0 Å². The zero-order chi connectivity index (χ0) is 12.0. The molecule has 0 atom stereocenters. The number of nitrogens with one attached hydrogen (secondary N) is 1. The lowest BCUT2D eigenvalue weighted by Crippen LogP contribution is -2.31. The van der Waals surface area contributed by atoms with E-state index < -0.39 is 0 Å². The smallest absolute Gasteiger partial charge is 0.222 e. The molecule has 0 radical (unpaired) electrons. The number of hydrogen-bond donors (Lipinski definition) is 1. The van der Waals surface area contributed by atoms with Gasteiger partial charge in [0, 0.05) is 5.92 Å². The second kappa shape index (κ2) is 6.38. The molecule has 1 N–H and O–H groups in total. The number of amides is 1. The highest BCUT2D eigenvalue weighted by Crippen LogP contribution is 2.22. The van der Waals surface area contributed by atoms with Crippen LogP contribution in [0.25, 0.3) is 0 Å². The maximum atomic E-state index is 11.2. The van der Waals surface area contributed by atoms with Gasteiger partial charge in [0.15, 0.2) is 0 Å². The topological polar surface area (TPSA) is 38.3 Å². The fourth-order valence-electron chi connectivity index (χ4n) is 1.10. The van der Waals surface area contributed by atoms with Gasteiger partial charge in [-0.15, -0.1) is 0 Å². The van der Waals surface area contributed by atoms with Crippen molar-refractivity contribution in [2.24, 2.45) is 5.92 Å². The summed E-state index contributed by atoms with van der Waals surface area (Å²) < 4.78 is 5.42. The molecule has 3 nitrogen and oxygen atoms in total. The van der Waals surface area contributed by atoms with Crippen molar-refractivity contribution in [3.8, 4) is 5.75 Å². The molecule has 1 aromatic rings. The van der Waals surface area contributed by atoms with Crippen LogP contribution in [0.1, 0.15) is 13.8 Å². The van der Waals surface area contributed by atoms with Crippen LogP contribution in [0, 0.1) is 5.92 Å². The van der Waals surface area contributed by atoms with Gasteiger partial charge in [0.1, 0.15) is 12.4 Å². The van der Waals surface area contributed by atoms with Gasteiger partial charge in [-0.25, -0.2) is 0 Å². The number of para-hydroxylation sites is 1. The normalized spacial score (nSPS) is 10.2. The van der Waals surface area contributed by atoms with Crippen molar-refractivity contribution in [2.45, 2.75) is 13.8 Å². The first kappa shape index (κ1) is 12.8. The maximum Gasteiger partial charge on any atom is 0.222 e. The lowest BCUT2D eigenvalue weighted by molar-refractivity contribution is -0.124. The van der Waals surface area contributed by atoms with Gasteiger partial charge in [-0.05, 0) is 12.1 Å². The van der Waals surface area contributed by atoms with Crippen LogP contribution < -0.4 is 10.1 Å². The van der Waals surface area contributed by atoms with Crippen molar-refractivity contribution in [3.05, 3.63) is 29.3 Å². The first-order valence-corrected chi connectivity index (χ1v) is 5.64. The fourth-order valence-corrected chi connectivity index (χ4v) is 1.29. The zero-order valence-electron chi connectivity index (χ0n) is 9.50.